The first-order chi connectivity index (χ1) is 15.4. The molecule has 1 aromatic heterocycles. The Morgan fingerprint density at radius 3 is 2.55 bits per heavy atom. The van der Waals surface area contributed by atoms with Gasteiger partial charge in [0.25, 0.3) is 0 Å². The van der Waals surface area contributed by atoms with Crippen molar-refractivity contribution in [3.05, 3.63) is 66.0 Å². The molecule has 3 rings (SSSR count). The number of benzene rings is 2. The van der Waals surface area contributed by atoms with Crippen molar-refractivity contribution in [3.8, 4) is 11.1 Å². The number of alkyl halides is 3. The van der Waals surface area contributed by atoms with Crippen molar-refractivity contribution >= 4 is 27.6 Å². The van der Waals surface area contributed by atoms with Gasteiger partial charge in [-0.25, -0.2) is 23.1 Å². The van der Waals surface area contributed by atoms with Gasteiger partial charge in [-0.15, -0.1) is 0 Å². The van der Waals surface area contributed by atoms with E-state index < -0.39 is 27.9 Å². The maximum atomic E-state index is 12.9. The van der Waals surface area contributed by atoms with Crippen LogP contribution in [0.15, 0.2) is 59.6 Å². The summed E-state index contributed by atoms with van der Waals surface area (Å²) >= 11 is 0. The van der Waals surface area contributed by atoms with Crippen molar-refractivity contribution in [2.45, 2.75) is 24.4 Å². The van der Waals surface area contributed by atoms with Gasteiger partial charge < -0.3 is 10.4 Å². The number of hydrogen-bond donors (Lipinski definition) is 3. The van der Waals surface area contributed by atoms with Crippen LogP contribution in [-0.4, -0.2) is 36.0 Å². The van der Waals surface area contributed by atoms with Crippen molar-refractivity contribution in [2.75, 3.05) is 11.9 Å². The number of aromatic nitrogens is 2. The van der Waals surface area contributed by atoms with Crippen LogP contribution in [0.2, 0.25) is 0 Å². The second kappa shape index (κ2) is 9.55. The van der Waals surface area contributed by atoms with Crippen LogP contribution >= 0.6 is 0 Å². The average molecular weight is 480 g/mol. The van der Waals surface area contributed by atoms with Gasteiger partial charge >= 0.3 is 12.1 Å². The van der Waals surface area contributed by atoms with Gasteiger partial charge in [0, 0.05) is 18.4 Å². The van der Waals surface area contributed by atoms with E-state index in [-0.39, 0.29) is 23.8 Å². The molecule has 0 radical (unpaired) electrons. The third-order valence-corrected chi connectivity index (χ3v) is 5.85. The lowest BCUT2D eigenvalue weighted by atomic mass is 10.0. The number of aryl methyl sites for hydroxylation is 1. The summed E-state index contributed by atoms with van der Waals surface area (Å²) in [6, 6.07) is 11.9. The molecule has 0 bridgehead atoms. The number of nitrogens with one attached hydrogen (secondary N) is 2. The third-order valence-electron chi connectivity index (χ3n) is 4.39. The molecular formula is C21H19F3N4O4S. The van der Waals surface area contributed by atoms with E-state index in [1.54, 1.807) is 31.2 Å². The maximum absolute atomic E-state index is 12.9. The summed E-state index contributed by atoms with van der Waals surface area (Å²) in [6.45, 7) is 1.52. The predicted molar refractivity (Wildman–Crippen MR) is 114 cm³/mol. The second-order valence-corrected chi connectivity index (χ2v) is 8.81. The number of anilines is 2. The van der Waals surface area contributed by atoms with Crippen LogP contribution in [0.3, 0.4) is 0 Å². The summed E-state index contributed by atoms with van der Waals surface area (Å²) in [5.41, 5.74) is 1.23. The molecule has 2 aromatic carbocycles. The van der Waals surface area contributed by atoms with E-state index in [2.05, 4.69) is 20.0 Å². The summed E-state index contributed by atoms with van der Waals surface area (Å²) in [4.78, 5) is 17.9. The molecule has 0 aliphatic heterocycles. The molecule has 0 aliphatic carbocycles. The molecule has 0 aliphatic rings. The van der Waals surface area contributed by atoms with Crippen LogP contribution in [0.1, 0.15) is 17.7 Å². The lowest BCUT2D eigenvalue weighted by molar-refractivity contribution is -0.141. The molecule has 0 unspecified atom stereocenters. The van der Waals surface area contributed by atoms with Crippen LogP contribution in [0.25, 0.3) is 11.1 Å². The van der Waals surface area contributed by atoms with Crippen LogP contribution < -0.4 is 10.0 Å². The summed E-state index contributed by atoms with van der Waals surface area (Å²) in [6.07, 6.45) is -3.97. The molecule has 33 heavy (non-hydrogen) atoms. The topological polar surface area (TPSA) is 121 Å². The van der Waals surface area contributed by atoms with Gasteiger partial charge in [0.1, 0.15) is 5.69 Å². The van der Waals surface area contributed by atoms with Crippen molar-refractivity contribution in [3.63, 3.8) is 0 Å². The lowest BCUT2D eigenvalue weighted by Crippen LogP contribution is -2.26. The van der Waals surface area contributed by atoms with E-state index in [1.165, 1.54) is 18.2 Å². The molecule has 3 aromatic rings. The van der Waals surface area contributed by atoms with Gasteiger partial charge in [0.2, 0.25) is 16.0 Å². The molecule has 0 amide bonds. The number of halogens is 3. The number of hydrogen-bond acceptors (Lipinski definition) is 6. The molecular weight excluding hydrogens is 461 g/mol. The molecule has 174 valence electrons. The Morgan fingerprint density at radius 1 is 1.09 bits per heavy atom. The van der Waals surface area contributed by atoms with Crippen LogP contribution in [0.4, 0.5) is 24.8 Å². The molecule has 0 saturated heterocycles. The molecule has 12 heteroatoms. The van der Waals surface area contributed by atoms with Gasteiger partial charge in [-0.3, -0.25) is 4.79 Å². The SMILES string of the molecule is Cc1cc(Nc2nccc(C(F)(F)F)n2)cc(-c2cccc(S(=O)(=O)NCCC(=O)O)c2)c1. The summed E-state index contributed by atoms with van der Waals surface area (Å²) in [7, 11) is -3.93. The van der Waals surface area contributed by atoms with Crippen molar-refractivity contribution in [1.82, 2.24) is 14.7 Å². The monoisotopic (exact) mass is 480 g/mol. The number of aliphatic carboxylic acids is 1. The zero-order chi connectivity index (χ0) is 24.2. The van der Waals surface area contributed by atoms with Crippen LogP contribution in [-0.2, 0) is 21.0 Å². The molecule has 1 heterocycles. The fraction of sp³-hybridized carbons (Fsp3) is 0.190. The zero-order valence-electron chi connectivity index (χ0n) is 17.2. The molecule has 8 nitrogen and oxygen atoms in total. The van der Waals surface area contributed by atoms with Gasteiger partial charge in [0.05, 0.1) is 11.3 Å². The summed E-state index contributed by atoms with van der Waals surface area (Å²) < 4.78 is 65.9. The molecule has 0 atom stereocenters. The fourth-order valence-corrected chi connectivity index (χ4v) is 4.02. The predicted octanol–water partition coefficient (Wildman–Crippen LogP) is 3.97. The molecule has 0 spiro atoms. The van der Waals surface area contributed by atoms with Crippen molar-refractivity contribution in [1.29, 1.82) is 0 Å². The molecule has 0 saturated carbocycles. The van der Waals surface area contributed by atoms with Gasteiger partial charge in [-0.1, -0.05) is 18.2 Å². The highest BCUT2D eigenvalue weighted by Gasteiger charge is 2.32. The highest BCUT2D eigenvalue weighted by atomic mass is 32.2. The lowest BCUT2D eigenvalue weighted by Gasteiger charge is -2.12. The van der Waals surface area contributed by atoms with E-state index in [1.807, 2.05) is 0 Å². The van der Waals surface area contributed by atoms with Crippen molar-refractivity contribution in [2.24, 2.45) is 0 Å². The zero-order valence-corrected chi connectivity index (χ0v) is 18.0. The maximum Gasteiger partial charge on any atom is 0.433 e. The number of sulfonamides is 1. The number of nitrogens with zero attached hydrogens (tertiary/aromatic N) is 2. The number of carbonyl (C=O) groups is 1. The third kappa shape index (κ3) is 6.49. The van der Waals surface area contributed by atoms with E-state index in [4.69, 9.17) is 5.11 Å². The normalized spacial score (nSPS) is 11.9. The Kier molecular flexibility index (Phi) is 6.98. The summed E-state index contributed by atoms with van der Waals surface area (Å²) in [5, 5.41) is 11.4. The Bertz CT molecular complexity index is 1280. The fourth-order valence-electron chi connectivity index (χ4n) is 2.95. The number of carboxylic acids is 1. The standard InChI is InChI=1S/C21H19F3N4O4S/c1-13-9-15(11-16(10-13)27-20-25-7-5-18(28-20)21(22,23)24)14-3-2-4-17(12-14)33(31,32)26-8-6-19(29)30/h2-5,7,9-12,26H,6,8H2,1H3,(H,29,30)(H,25,27,28). The Morgan fingerprint density at radius 2 is 1.85 bits per heavy atom. The van der Waals surface area contributed by atoms with E-state index >= 15 is 0 Å². The Labute approximate surface area is 187 Å². The first kappa shape index (κ1) is 24.1. The quantitative estimate of drug-likeness (QED) is 0.446. The minimum absolute atomic E-state index is 0.0531. The smallest absolute Gasteiger partial charge is 0.433 e. The summed E-state index contributed by atoms with van der Waals surface area (Å²) in [5.74, 6) is -1.36. The number of rotatable bonds is 8. The minimum atomic E-state index is -4.61. The van der Waals surface area contributed by atoms with E-state index in [0.29, 0.717) is 16.8 Å². The van der Waals surface area contributed by atoms with Crippen LogP contribution in [0, 0.1) is 6.92 Å². The molecule has 0 fully saturated rings. The Balaban J connectivity index is 1.88. The highest BCUT2D eigenvalue weighted by molar-refractivity contribution is 7.89. The largest absolute Gasteiger partial charge is 0.481 e. The molecule has 3 N–H and O–H groups in total. The van der Waals surface area contributed by atoms with E-state index in [9.17, 15) is 26.4 Å². The first-order valence-corrected chi connectivity index (χ1v) is 11.0. The van der Waals surface area contributed by atoms with E-state index in [0.717, 1.165) is 17.8 Å². The van der Waals surface area contributed by atoms with Gasteiger partial charge in [-0.2, -0.15) is 13.2 Å². The first-order valence-electron chi connectivity index (χ1n) is 9.55. The second-order valence-electron chi connectivity index (χ2n) is 7.05. The van der Waals surface area contributed by atoms with Crippen molar-refractivity contribution < 1.29 is 31.5 Å². The van der Waals surface area contributed by atoms with Gasteiger partial charge in [-0.05, 0) is 53.9 Å². The van der Waals surface area contributed by atoms with Gasteiger partial charge in [0.15, 0.2) is 0 Å². The average Bonchev–Trinajstić information content (AvgIpc) is 2.72. The highest BCUT2D eigenvalue weighted by Crippen LogP contribution is 2.30. The Hall–Kier alpha value is -3.51. The van der Waals surface area contributed by atoms with Crippen LogP contribution in [0.5, 0.6) is 0 Å². The minimum Gasteiger partial charge on any atom is -0.481 e. The number of carboxylic acid groups (broad SMARTS) is 1.